The first-order valence-corrected chi connectivity index (χ1v) is 9.98. The van der Waals surface area contributed by atoms with Gasteiger partial charge >= 0.3 is 0 Å². The molecular formula is C21H35N5O2. The molecule has 1 saturated heterocycles. The first-order chi connectivity index (χ1) is 13.3. The summed E-state index contributed by atoms with van der Waals surface area (Å²) >= 11 is 0. The molecule has 2 rings (SSSR count). The Kier molecular flexibility index (Phi) is 7.96. The van der Waals surface area contributed by atoms with Crippen LogP contribution in [0.2, 0.25) is 0 Å². The topological polar surface area (TPSA) is 78.0 Å². The van der Waals surface area contributed by atoms with Crippen LogP contribution in [0.3, 0.4) is 0 Å². The highest BCUT2D eigenvalue weighted by molar-refractivity contribution is 5.82. The predicted octanol–water partition coefficient (Wildman–Crippen LogP) is 1.99. The lowest BCUT2D eigenvalue weighted by Gasteiger charge is -2.35. The van der Waals surface area contributed by atoms with Crippen molar-refractivity contribution < 1.29 is 9.53 Å². The van der Waals surface area contributed by atoms with Gasteiger partial charge in [0.15, 0.2) is 5.96 Å². The Bertz CT molecular complexity index is 669. The lowest BCUT2D eigenvalue weighted by atomic mass is 9.96. The number of ether oxygens (including phenoxy) is 1. The third-order valence-corrected chi connectivity index (χ3v) is 4.79. The number of carbonyl (C=O) groups excluding carboxylic acids is 1. The van der Waals surface area contributed by atoms with E-state index in [1.807, 2.05) is 32.9 Å². The molecule has 7 heteroatoms. The summed E-state index contributed by atoms with van der Waals surface area (Å²) in [5.74, 6) is 1.70. The molecule has 1 unspecified atom stereocenters. The number of methoxy groups -OCH3 is 1. The Labute approximate surface area is 168 Å². The van der Waals surface area contributed by atoms with Crippen molar-refractivity contribution in [3.8, 4) is 5.75 Å². The second-order valence-electron chi connectivity index (χ2n) is 8.14. The average Bonchev–Trinajstić information content (AvgIpc) is 2.69. The summed E-state index contributed by atoms with van der Waals surface area (Å²) in [6.07, 6.45) is 2.22. The molecule has 156 valence electrons. The Morgan fingerprint density at radius 2 is 2.04 bits per heavy atom. The van der Waals surface area contributed by atoms with Gasteiger partial charge in [-0.15, -0.1) is 0 Å². The summed E-state index contributed by atoms with van der Waals surface area (Å²) in [5.41, 5.74) is 0.810. The summed E-state index contributed by atoms with van der Waals surface area (Å²) in [7, 11) is 3.46. The monoisotopic (exact) mass is 389 g/mol. The lowest BCUT2D eigenvalue weighted by molar-refractivity contribution is -0.128. The molecule has 0 bridgehead atoms. The quantitative estimate of drug-likeness (QED) is 0.394. The molecule has 1 aromatic carbocycles. The van der Waals surface area contributed by atoms with Crippen LogP contribution in [-0.4, -0.2) is 58.2 Å². The zero-order valence-electron chi connectivity index (χ0n) is 17.8. The summed E-state index contributed by atoms with van der Waals surface area (Å²) in [6.45, 7) is 8.88. The smallest absolute Gasteiger partial charge is 0.225 e. The number of amides is 1. The minimum atomic E-state index is -0.369. The molecule has 0 saturated carbocycles. The number of carbonyl (C=O) groups is 1. The Morgan fingerprint density at radius 1 is 1.29 bits per heavy atom. The maximum Gasteiger partial charge on any atom is 0.225 e. The second-order valence-corrected chi connectivity index (χ2v) is 8.14. The van der Waals surface area contributed by atoms with Crippen LogP contribution in [0.15, 0.2) is 29.3 Å². The molecule has 0 spiro atoms. The number of benzene rings is 1. The van der Waals surface area contributed by atoms with Crippen molar-refractivity contribution in [2.45, 2.75) is 39.7 Å². The van der Waals surface area contributed by atoms with Crippen LogP contribution in [0.1, 0.15) is 33.6 Å². The molecule has 7 nitrogen and oxygen atoms in total. The first-order valence-electron chi connectivity index (χ1n) is 9.98. The van der Waals surface area contributed by atoms with Gasteiger partial charge < -0.3 is 25.6 Å². The molecular weight excluding hydrogens is 354 g/mol. The van der Waals surface area contributed by atoms with Crippen molar-refractivity contribution >= 4 is 17.6 Å². The second kappa shape index (κ2) is 10.2. The van der Waals surface area contributed by atoms with E-state index in [4.69, 9.17) is 4.74 Å². The standard InChI is InChI=1S/C21H35N5O2/c1-21(2,3)19(27)23-11-12-24-20(22-4)25-16-8-7-13-26(15-16)17-9-6-10-18(14-17)28-5/h6,9-10,14,16H,7-8,11-13,15H2,1-5H3,(H,23,27)(H2,22,24,25). The van der Waals surface area contributed by atoms with Gasteiger partial charge in [0, 0.05) is 56.4 Å². The number of hydrogen-bond donors (Lipinski definition) is 3. The van der Waals surface area contributed by atoms with Gasteiger partial charge in [-0.3, -0.25) is 9.79 Å². The normalized spacial score (nSPS) is 17.8. The summed E-state index contributed by atoms with van der Waals surface area (Å²) in [5, 5.41) is 9.73. The van der Waals surface area contributed by atoms with E-state index < -0.39 is 0 Å². The fourth-order valence-corrected chi connectivity index (χ4v) is 3.15. The molecule has 1 aliphatic rings. The third-order valence-electron chi connectivity index (χ3n) is 4.79. The number of anilines is 1. The Morgan fingerprint density at radius 3 is 2.71 bits per heavy atom. The van der Waals surface area contributed by atoms with Gasteiger partial charge in [-0.2, -0.15) is 0 Å². The maximum atomic E-state index is 11.9. The summed E-state index contributed by atoms with van der Waals surface area (Å²) in [4.78, 5) is 18.6. The third kappa shape index (κ3) is 6.62. The van der Waals surface area contributed by atoms with Gasteiger partial charge in [-0.05, 0) is 25.0 Å². The molecule has 28 heavy (non-hydrogen) atoms. The Hall–Kier alpha value is -2.44. The highest BCUT2D eigenvalue weighted by Gasteiger charge is 2.22. The van der Waals surface area contributed by atoms with E-state index in [0.717, 1.165) is 37.6 Å². The SMILES string of the molecule is CN=C(NCCNC(=O)C(C)(C)C)NC1CCCN(c2cccc(OC)c2)C1. The van der Waals surface area contributed by atoms with E-state index in [1.165, 1.54) is 5.69 Å². The van der Waals surface area contributed by atoms with Crippen LogP contribution < -0.4 is 25.6 Å². The highest BCUT2D eigenvalue weighted by Crippen LogP contribution is 2.24. The van der Waals surface area contributed by atoms with Gasteiger partial charge in [-0.1, -0.05) is 26.8 Å². The van der Waals surface area contributed by atoms with E-state index in [1.54, 1.807) is 14.2 Å². The number of nitrogens with one attached hydrogen (secondary N) is 3. The summed E-state index contributed by atoms with van der Waals surface area (Å²) < 4.78 is 5.35. The molecule has 1 amide bonds. The fourth-order valence-electron chi connectivity index (χ4n) is 3.15. The minimum Gasteiger partial charge on any atom is -0.497 e. The number of piperidine rings is 1. The van der Waals surface area contributed by atoms with Crippen molar-refractivity contribution in [2.24, 2.45) is 10.4 Å². The highest BCUT2D eigenvalue weighted by atomic mass is 16.5. The number of rotatable bonds is 6. The lowest BCUT2D eigenvalue weighted by Crippen LogP contribution is -2.52. The van der Waals surface area contributed by atoms with E-state index in [2.05, 4.69) is 38.0 Å². The van der Waals surface area contributed by atoms with Crippen LogP contribution in [0.5, 0.6) is 5.75 Å². The largest absolute Gasteiger partial charge is 0.497 e. The van der Waals surface area contributed by atoms with E-state index in [0.29, 0.717) is 19.1 Å². The predicted molar refractivity (Wildman–Crippen MR) is 115 cm³/mol. The first kappa shape index (κ1) is 21.9. The van der Waals surface area contributed by atoms with Crippen molar-refractivity contribution in [3.05, 3.63) is 24.3 Å². The molecule has 1 heterocycles. The van der Waals surface area contributed by atoms with Gasteiger partial charge in [0.25, 0.3) is 0 Å². The van der Waals surface area contributed by atoms with Crippen molar-refractivity contribution in [1.82, 2.24) is 16.0 Å². The number of hydrogen-bond acceptors (Lipinski definition) is 4. The van der Waals surface area contributed by atoms with Gasteiger partial charge in [-0.25, -0.2) is 0 Å². The zero-order chi connectivity index (χ0) is 20.6. The van der Waals surface area contributed by atoms with Crippen LogP contribution in [0, 0.1) is 5.41 Å². The molecule has 0 radical (unpaired) electrons. The maximum absolute atomic E-state index is 11.9. The van der Waals surface area contributed by atoms with Crippen LogP contribution in [-0.2, 0) is 4.79 Å². The summed E-state index contributed by atoms with van der Waals surface area (Å²) in [6, 6.07) is 8.50. The molecule has 0 aliphatic carbocycles. The molecule has 1 atom stereocenters. The van der Waals surface area contributed by atoms with E-state index >= 15 is 0 Å². The van der Waals surface area contributed by atoms with Gasteiger partial charge in [0.2, 0.25) is 5.91 Å². The van der Waals surface area contributed by atoms with Gasteiger partial charge in [0.05, 0.1) is 7.11 Å². The molecule has 3 N–H and O–H groups in total. The number of nitrogens with zero attached hydrogens (tertiary/aromatic N) is 2. The molecule has 0 aromatic heterocycles. The average molecular weight is 390 g/mol. The number of aliphatic imine (C=N–C) groups is 1. The molecule has 1 fully saturated rings. The van der Waals surface area contributed by atoms with Gasteiger partial charge in [0.1, 0.15) is 5.75 Å². The molecule has 1 aliphatic heterocycles. The van der Waals surface area contributed by atoms with Crippen LogP contribution in [0.25, 0.3) is 0 Å². The van der Waals surface area contributed by atoms with E-state index in [-0.39, 0.29) is 11.3 Å². The molecule has 1 aromatic rings. The minimum absolute atomic E-state index is 0.0541. The van der Waals surface area contributed by atoms with E-state index in [9.17, 15) is 4.79 Å². The fraction of sp³-hybridized carbons (Fsp3) is 0.619. The van der Waals surface area contributed by atoms with Crippen LogP contribution in [0.4, 0.5) is 5.69 Å². The Balaban J connectivity index is 1.81. The number of guanidine groups is 1. The van der Waals surface area contributed by atoms with Crippen molar-refractivity contribution in [2.75, 3.05) is 45.2 Å². The van der Waals surface area contributed by atoms with Crippen LogP contribution >= 0.6 is 0 Å². The van der Waals surface area contributed by atoms with Crippen molar-refractivity contribution in [3.63, 3.8) is 0 Å². The van der Waals surface area contributed by atoms with Crippen molar-refractivity contribution in [1.29, 1.82) is 0 Å². The zero-order valence-corrected chi connectivity index (χ0v) is 17.8.